The first-order chi connectivity index (χ1) is 8.74. The number of hydrogen-bond acceptors (Lipinski definition) is 4. The van der Waals surface area contributed by atoms with Crippen molar-refractivity contribution in [3.63, 3.8) is 0 Å². The lowest BCUT2D eigenvalue weighted by atomic mass is 10.3. The fourth-order valence-corrected chi connectivity index (χ4v) is 1.56. The van der Waals surface area contributed by atoms with Gasteiger partial charge in [0.05, 0.1) is 6.33 Å². The molecule has 3 heterocycles. The standard InChI is InChI=1S/C11H8N6O/c1-17-5-4-7(16-17)2-3-8-9-10(15-14-8)12-6-13-11(9)18/h4-6H,1H3,(H2,12,13,14,15,18). The van der Waals surface area contributed by atoms with Crippen LogP contribution in [-0.4, -0.2) is 29.9 Å². The van der Waals surface area contributed by atoms with Crippen LogP contribution in [0, 0.1) is 11.8 Å². The molecule has 18 heavy (non-hydrogen) atoms. The Morgan fingerprint density at radius 2 is 2.28 bits per heavy atom. The number of rotatable bonds is 0. The molecule has 0 amide bonds. The fraction of sp³-hybridized carbons (Fsp3) is 0.0909. The van der Waals surface area contributed by atoms with Crippen LogP contribution in [0.5, 0.6) is 0 Å². The van der Waals surface area contributed by atoms with Crippen molar-refractivity contribution in [1.82, 2.24) is 29.9 Å². The molecule has 3 rings (SSSR count). The van der Waals surface area contributed by atoms with Gasteiger partial charge in [0.15, 0.2) is 5.65 Å². The van der Waals surface area contributed by atoms with Crippen LogP contribution in [0.3, 0.4) is 0 Å². The number of H-pyrrole nitrogens is 2. The predicted octanol–water partition coefficient (Wildman–Crippen LogP) is -0.221. The fourth-order valence-electron chi connectivity index (χ4n) is 1.56. The highest BCUT2D eigenvalue weighted by molar-refractivity contribution is 5.79. The van der Waals surface area contributed by atoms with Gasteiger partial charge in [0.1, 0.15) is 16.8 Å². The summed E-state index contributed by atoms with van der Waals surface area (Å²) in [4.78, 5) is 18.1. The molecule has 7 heteroatoms. The average Bonchev–Trinajstić information content (AvgIpc) is 2.94. The number of aromatic nitrogens is 6. The van der Waals surface area contributed by atoms with Gasteiger partial charge in [-0.25, -0.2) is 4.98 Å². The summed E-state index contributed by atoms with van der Waals surface area (Å²) in [7, 11) is 1.81. The van der Waals surface area contributed by atoms with Crippen molar-refractivity contribution in [1.29, 1.82) is 0 Å². The highest BCUT2D eigenvalue weighted by atomic mass is 16.1. The summed E-state index contributed by atoms with van der Waals surface area (Å²) in [5.41, 5.74) is 1.15. The van der Waals surface area contributed by atoms with Gasteiger partial charge < -0.3 is 4.98 Å². The quantitative estimate of drug-likeness (QED) is 0.531. The molecule has 0 spiro atoms. The van der Waals surface area contributed by atoms with Crippen LogP contribution in [0.4, 0.5) is 0 Å². The minimum Gasteiger partial charge on any atom is -0.312 e. The lowest BCUT2D eigenvalue weighted by Gasteiger charge is -1.85. The van der Waals surface area contributed by atoms with E-state index in [0.717, 1.165) is 0 Å². The molecule has 0 aliphatic carbocycles. The van der Waals surface area contributed by atoms with Gasteiger partial charge in [-0.2, -0.15) is 10.2 Å². The molecule has 0 unspecified atom stereocenters. The highest BCUT2D eigenvalue weighted by Gasteiger charge is 2.07. The molecule has 0 bridgehead atoms. The minimum atomic E-state index is -0.265. The maximum atomic E-state index is 11.6. The SMILES string of the molecule is Cn1ccc(C#Cc2[nH]nc3nc[nH]c(=O)c23)n1. The van der Waals surface area contributed by atoms with Crippen LogP contribution in [-0.2, 0) is 7.05 Å². The normalized spacial score (nSPS) is 10.3. The molecule has 3 aromatic heterocycles. The smallest absolute Gasteiger partial charge is 0.263 e. The topological polar surface area (TPSA) is 92.2 Å². The molecule has 0 aromatic carbocycles. The van der Waals surface area contributed by atoms with Crippen molar-refractivity contribution < 1.29 is 0 Å². The maximum Gasteiger partial charge on any atom is 0.263 e. The van der Waals surface area contributed by atoms with Gasteiger partial charge in [-0.15, -0.1) is 0 Å². The zero-order valence-electron chi connectivity index (χ0n) is 9.43. The second-order valence-electron chi connectivity index (χ2n) is 3.65. The highest BCUT2D eigenvalue weighted by Crippen LogP contribution is 2.05. The van der Waals surface area contributed by atoms with E-state index in [4.69, 9.17) is 0 Å². The molecular weight excluding hydrogens is 232 g/mol. The van der Waals surface area contributed by atoms with E-state index in [1.165, 1.54) is 6.33 Å². The zero-order chi connectivity index (χ0) is 12.5. The van der Waals surface area contributed by atoms with E-state index in [9.17, 15) is 4.79 Å². The molecule has 2 N–H and O–H groups in total. The van der Waals surface area contributed by atoms with Crippen LogP contribution in [0.1, 0.15) is 11.4 Å². The van der Waals surface area contributed by atoms with Crippen molar-refractivity contribution in [3.05, 3.63) is 40.3 Å². The molecule has 0 saturated heterocycles. The van der Waals surface area contributed by atoms with Crippen molar-refractivity contribution in [2.24, 2.45) is 7.05 Å². The second kappa shape index (κ2) is 3.85. The first-order valence-electron chi connectivity index (χ1n) is 5.17. The van der Waals surface area contributed by atoms with E-state index in [1.54, 1.807) is 16.9 Å². The predicted molar refractivity (Wildman–Crippen MR) is 63.7 cm³/mol. The van der Waals surface area contributed by atoms with E-state index < -0.39 is 0 Å². The molecule has 0 atom stereocenters. The molecule has 88 valence electrons. The molecule has 0 radical (unpaired) electrons. The van der Waals surface area contributed by atoms with Gasteiger partial charge in [0.2, 0.25) is 0 Å². The van der Waals surface area contributed by atoms with E-state index in [0.29, 0.717) is 22.4 Å². The molecular formula is C11H8N6O. The van der Waals surface area contributed by atoms with Crippen molar-refractivity contribution in [2.45, 2.75) is 0 Å². The third kappa shape index (κ3) is 1.66. The van der Waals surface area contributed by atoms with E-state index in [1.807, 2.05) is 7.05 Å². The van der Waals surface area contributed by atoms with Gasteiger partial charge >= 0.3 is 0 Å². The number of nitrogens with one attached hydrogen (secondary N) is 2. The molecule has 7 nitrogen and oxygen atoms in total. The summed E-state index contributed by atoms with van der Waals surface area (Å²) < 4.78 is 1.66. The van der Waals surface area contributed by atoms with Crippen LogP contribution in [0.15, 0.2) is 23.4 Å². The Balaban J connectivity index is 2.11. The maximum absolute atomic E-state index is 11.6. The van der Waals surface area contributed by atoms with Crippen LogP contribution < -0.4 is 5.56 Å². The molecule has 0 fully saturated rings. The second-order valence-corrected chi connectivity index (χ2v) is 3.65. The largest absolute Gasteiger partial charge is 0.312 e. The molecule has 0 aliphatic rings. The summed E-state index contributed by atoms with van der Waals surface area (Å²) in [5.74, 6) is 5.69. The monoisotopic (exact) mass is 240 g/mol. The molecule has 0 aliphatic heterocycles. The zero-order valence-corrected chi connectivity index (χ0v) is 9.43. The van der Waals surface area contributed by atoms with E-state index in [2.05, 4.69) is 37.1 Å². The van der Waals surface area contributed by atoms with Crippen molar-refractivity contribution >= 4 is 11.0 Å². The first kappa shape index (κ1) is 10.3. The Hall–Kier alpha value is -2.88. The van der Waals surface area contributed by atoms with Gasteiger partial charge in [-0.05, 0) is 17.9 Å². The Labute approximate surface area is 101 Å². The van der Waals surface area contributed by atoms with Gasteiger partial charge in [0.25, 0.3) is 5.56 Å². The van der Waals surface area contributed by atoms with Gasteiger partial charge in [-0.1, -0.05) is 0 Å². The molecule has 3 aromatic rings. The Kier molecular flexibility index (Phi) is 2.20. The average molecular weight is 240 g/mol. The number of aromatic amines is 2. The lowest BCUT2D eigenvalue weighted by molar-refractivity contribution is 0.764. The third-order valence-corrected chi connectivity index (χ3v) is 2.39. The van der Waals surface area contributed by atoms with Gasteiger partial charge in [-0.3, -0.25) is 14.6 Å². The summed E-state index contributed by atoms with van der Waals surface area (Å²) >= 11 is 0. The summed E-state index contributed by atoms with van der Waals surface area (Å²) in [6.45, 7) is 0. The molecule has 0 saturated carbocycles. The number of hydrogen-bond donors (Lipinski definition) is 2. The van der Waals surface area contributed by atoms with Crippen LogP contribution >= 0.6 is 0 Å². The van der Waals surface area contributed by atoms with E-state index >= 15 is 0 Å². The first-order valence-corrected chi connectivity index (χ1v) is 5.17. The van der Waals surface area contributed by atoms with Crippen LogP contribution in [0.2, 0.25) is 0 Å². The number of fused-ring (bicyclic) bond motifs is 1. The Morgan fingerprint density at radius 1 is 1.39 bits per heavy atom. The Morgan fingerprint density at radius 3 is 3.06 bits per heavy atom. The summed E-state index contributed by atoms with van der Waals surface area (Å²) in [5, 5.41) is 11.1. The summed E-state index contributed by atoms with van der Waals surface area (Å²) in [6, 6.07) is 1.79. The Bertz CT molecular complexity index is 828. The van der Waals surface area contributed by atoms with Crippen molar-refractivity contribution in [2.75, 3.05) is 0 Å². The van der Waals surface area contributed by atoms with Crippen molar-refractivity contribution in [3.8, 4) is 11.8 Å². The minimum absolute atomic E-state index is 0.265. The van der Waals surface area contributed by atoms with Crippen LogP contribution in [0.25, 0.3) is 11.0 Å². The van der Waals surface area contributed by atoms with E-state index in [-0.39, 0.29) is 5.56 Å². The number of aryl methyl sites for hydroxylation is 1. The number of nitrogens with zero attached hydrogens (tertiary/aromatic N) is 4. The summed E-state index contributed by atoms with van der Waals surface area (Å²) in [6.07, 6.45) is 3.10. The van der Waals surface area contributed by atoms with Gasteiger partial charge in [0, 0.05) is 13.2 Å². The third-order valence-electron chi connectivity index (χ3n) is 2.39. The lowest BCUT2D eigenvalue weighted by Crippen LogP contribution is -2.06.